The van der Waals surface area contributed by atoms with Crippen LogP contribution in [0, 0.1) is 20.8 Å². The molecule has 25 heavy (non-hydrogen) atoms. The summed E-state index contributed by atoms with van der Waals surface area (Å²) < 4.78 is 11.5. The van der Waals surface area contributed by atoms with Crippen molar-refractivity contribution in [2.45, 2.75) is 20.8 Å². The summed E-state index contributed by atoms with van der Waals surface area (Å²) in [6, 6.07) is 7.24. The molecule has 3 rings (SSSR count). The van der Waals surface area contributed by atoms with Crippen molar-refractivity contribution in [3.05, 3.63) is 51.4 Å². The molecule has 0 atom stereocenters. The molecule has 0 unspecified atom stereocenters. The molecule has 1 heterocycles. The van der Waals surface area contributed by atoms with Crippen molar-refractivity contribution in [3.8, 4) is 17.2 Å². The molecule has 0 aliphatic carbocycles. The number of fused-ring (bicyclic) bond motifs is 1. The maximum absolute atomic E-state index is 13.2. The number of hydrogen-bond acceptors (Lipinski definition) is 5. The molecule has 0 aliphatic rings. The SMILES string of the molecule is COc1cc(C(=O)c2c(C)sc3c(O)c(C)ccc23)cc(C)c1OC. The van der Waals surface area contributed by atoms with E-state index >= 15 is 0 Å². The number of phenols is 1. The van der Waals surface area contributed by atoms with Crippen LogP contribution >= 0.6 is 11.3 Å². The first-order chi connectivity index (χ1) is 11.9. The zero-order valence-electron chi connectivity index (χ0n) is 14.9. The average molecular weight is 356 g/mol. The topological polar surface area (TPSA) is 55.8 Å². The normalized spacial score (nSPS) is 10.9. The van der Waals surface area contributed by atoms with Gasteiger partial charge < -0.3 is 14.6 Å². The largest absolute Gasteiger partial charge is 0.506 e. The molecular weight excluding hydrogens is 336 g/mol. The maximum Gasteiger partial charge on any atom is 0.194 e. The van der Waals surface area contributed by atoms with Gasteiger partial charge in [0.25, 0.3) is 0 Å². The molecule has 0 spiro atoms. The Hall–Kier alpha value is -2.53. The zero-order valence-corrected chi connectivity index (χ0v) is 15.7. The lowest BCUT2D eigenvalue weighted by Crippen LogP contribution is -2.04. The highest BCUT2D eigenvalue weighted by atomic mass is 32.1. The van der Waals surface area contributed by atoms with E-state index in [1.54, 1.807) is 26.4 Å². The van der Waals surface area contributed by atoms with Crippen LogP contribution in [0.5, 0.6) is 17.2 Å². The molecule has 0 fully saturated rings. The minimum atomic E-state index is -0.0870. The van der Waals surface area contributed by atoms with E-state index in [1.807, 2.05) is 32.9 Å². The molecule has 2 aromatic carbocycles. The fourth-order valence-corrected chi connectivity index (χ4v) is 4.22. The lowest BCUT2D eigenvalue weighted by atomic mass is 9.98. The minimum Gasteiger partial charge on any atom is -0.506 e. The van der Waals surface area contributed by atoms with Crippen molar-refractivity contribution in [2.24, 2.45) is 0 Å². The van der Waals surface area contributed by atoms with E-state index in [0.29, 0.717) is 22.6 Å². The summed E-state index contributed by atoms with van der Waals surface area (Å²) in [5.74, 6) is 1.31. The van der Waals surface area contributed by atoms with E-state index in [1.165, 1.54) is 11.3 Å². The number of rotatable bonds is 4. The van der Waals surface area contributed by atoms with Crippen LogP contribution in [0.2, 0.25) is 0 Å². The first-order valence-corrected chi connectivity index (χ1v) is 8.69. The monoisotopic (exact) mass is 356 g/mol. The second-order valence-electron chi connectivity index (χ2n) is 6.00. The van der Waals surface area contributed by atoms with E-state index in [0.717, 1.165) is 26.1 Å². The number of phenolic OH excluding ortho intramolecular Hbond substituents is 1. The average Bonchev–Trinajstić information content (AvgIpc) is 2.93. The van der Waals surface area contributed by atoms with Gasteiger partial charge >= 0.3 is 0 Å². The van der Waals surface area contributed by atoms with E-state index in [4.69, 9.17) is 9.47 Å². The highest BCUT2D eigenvalue weighted by molar-refractivity contribution is 7.19. The number of methoxy groups -OCH3 is 2. The minimum absolute atomic E-state index is 0.0870. The van der Waals surface area contributed by atoms with Crippen LogP contribution in [-0.2, 0) is 0 Å². The number of aryl methyl sites for hydroxylation is 3. The van der Waals surface area contributed by atoms with Gasteiger partial charge in [0.1, 0.15) is 5.75 Å². The molecule has 5 heteroatoms. The molecule has 130 valence electrons. The quantitative estimate of drug-likeness (QED) is 0.684. The Balaban J connectivity index is 2.20. The predicted octanol–water partition coefficient (Wildman–Crippen LogP) is 4.78. The highest BCUT2D eigenvalue weighted by Gasteiger charge is 2.22. The van der Waals surface area contributed by atoms with Gasteiger partial charge in [0.05, 0.1) is 18.9 Å². The highest BCUT2D eigenvalue weighted by Crippen LogP contribution is 2.40. The van der Waals surface area contributed by atoms with Gasteiger partial charge in [-0.1, -0.05) is 12.1 Å². The number of ketones is 1. The van der Waals surface area contributed by atoms with Crippen LogP contribution in [0.25, 0.3) is 10.1 Å². The number of aromatic hydroxyl groups is 1. The van der Waals surface area contributed by atoms with Gasteiger partial charge in [-0.05, 0) is 44.0 Å². The van der Waals surface area contributed by atoms with Gasteiger partial charge in [-0.25, -0.2) is 0 Å². The number of ether oxygens (including phenoxy) is 2. The van der Waals surface area contributed by atoms with Crippen molar-refractivity contribution in [1.82, 2.24) is 0 Å². The Morgan fingerprint density at radius 3 is 2.40 bits per heavy atom. The molecule has 0 bridgehead atoms. The molecule has 1 aromatic heterocycles. The summed E-state index contributed by atoms with van der Waals surface area (Å²) in [4.78, 5) is 14.1. The van der Waals surface area contributed by atoms with Crippen LogP contribution in [0.1, 0.15) is 31.9 Å². The van der Waals surface area contributed by atoms with Crippen LogP contribution in [-0.4, -0.2) is 25.1 Å². The molecule has 0 amide bonds. The number of hydrogen-bond donors (Lipinski definition) is 1. The Morgan fingerprint density at radius 1 is 1.04 bits per heavy atom. The van der Waals surface area contributed by atoms with E-state index in [2.05, 4.69) is 0 Å². The number of benzene rings is 2. The molecule has 0 aliphatic heterocycles. The molecule has 0 saturated carbocycles. The van der Waals surface area contributed by atoms with Gasteiger partial charge in [0.15, 0.2) is 17.3 Å². The van der Waals surface area contributed by atoms with Crippen molar-refractivity contribution in [2.75, 3.05) is 14.2 Å². The third-order valence-electron chi connectivity index (χ3n) is 4.36. The van der Waals surface area contributed by atoms with Crippen LogP contribution in [0.3, 0.4) is 0 Å². The first kappa shape index (κ1) is 17.3. The standard InChI is InChI=1S/C20H20O4S/c1-10-6-7-14-16(12(3)25-20(14)17(10)21)18(22)13-8-11(2)19(24-5)15(9-13)23-4/h6-9,21H,1-5H3. The Bertz CT molecular complexity index is 985. The molecule has 0 saturated heterocycles. The van der Waals surface area contributed by atoms with E-state index in [-0.39, 0.29) is 11.5 Å². The predicted molar refractivity (Wildman–Crippen MR) is 101 cm³/mol. The molecule has 0 radical (unpaired) electrons. The van der Waals surface area contributed by atoms with Crippen molar-refractivity contribution >= 4 is 27.2 Å². The second kappa shape index (κ2) is 6.41. The fourth-order valence-electron chi connectivity index (χ4n) is 3.08. The van der Waals surface area contributed by atoms with Crippen molar-refractivity contribution in [3.63, 3.8) is 0 Å². The van der Waals surface area contributed by atoms with Gasteiger partial charge in [-0.3, -0.25) is 4.79 Å². The Morgan fingerprint density at radius 2 is 1.76 bits per heavy atom. The molecule has 4 nitrogen and oxygen atoms in total. The fraction of sp³-hybridized carbons (Fsp3) is 0.250. The second-order valence-corrected chi connectivity index (χ2v) is 7.22. The molecular formula is C20H20O4S. The number of carbonyl (C=O) groups is 1. The molecule has 3 aromatic rings. The third-order valence-corrected chi connectivity index (χ3v) is 5.49. The van der Waals surface area contributed by atoms with Gasteiger partial charge in [0.2, 0.25) is 0 Å². The van der Waals surface area contributed by atoms with Crippen LogP contribution in [0.4, 0.5) is 0 Å². The van der Waals surface area contributed by atoms with Gasteiger partial charge in [-0.2, -0.15) is 0 Å². The molecule has 1 N–H and O–H groups in total. The van der Waals surface area contributed by atoms with E-state index in [9.17, 15) is 9.90 Å². The Labute approximate surface area is 150 Å². The van der Waals surface area contributed by atoms with Crippen molar-refractivity contribution < 1.29 is 19.4 Å². The van der Waals surface area contributed by atoms with Crippen LogP contribution in [0.15, 0.2) is 24.3 Å². The van der Waals surface area contributed by atoms with Crippen LogP contribution < -0.4 is 9.47 Å². The smallest absolute Gasteiger partial charge is 0.194 e. The summed E-state index contributed by atoms with van der Waals surface area (Å²) in [7, 11) is 3.13. The van der Waals surface area contributed by atoms with E-state index < -0.39 is 0 Å². The summed E-state index contributed by atoms with van der Waals surface area (Å²) in [6.45, 7) is 5.63. The summed E-state index contributed by atoms with van der Waals surface area (Å²) in [5.41, 5.74) is 2.80. The van der Waals surface area contributed by atoms with Gasteiger partial charge in [-0.15, -0.1) is 11.3 Å². The summed E-state index contributed by atoms with van der Waals surface area (Å²) in [6.07, 6.45) is 0. The third kappa shape index (κ3) is 2.74. The lowest BCUT2D eigenvalue weighted by molar-refractivity contribution is 0.103. The first-order valence-electron chi connectivity index (χ1n) is 7.88. The zero-order chi connectivity index (χ0) is 18.3. The maximum atomic E-state index is 13.2. The van der Waals surface area contributed by atoms with Gasteiger partial charge in [0, 0.05) is 21.4 Å². The summed E-state index contributed by atoms with van der Waals surface area (Å²) in [5, 5.41) is 11.1. The Kier molecular flexibility index (Phi) is 4.43. The number of carbonyl (C=O) groups excluding carboxylic acids is 1. The lowest BCUT2D eigenvalue weighted by Gasteiger charge is -2.12. The number of thiophene rings is 1. The van der Waals surface area contributed by atoms with Crippen molar-refractivity contribution in [1.29, 1.82) is 0 Å². The summed E-state index contributed by atoms with van der Waals surface area (Å²) >= 11 is 1.44.